The monoisotopic (exact) mass is 306 g/mol. The molecule has 1 heterocycles. The fourth-order valence-corrected chi connectivity index (χ4v) is 3.07. The van der Waals surface area contributed by atoms with Crippen LogP contribution in [0, 0.1) is 0 Å². The number of hydrogen-bond donors (Lipinski definition) is 0. The molecule has 1 saturated heterocycles. The van der Waals surface area contributed by atoms with E-state index < -0.39 is 0 Å². The highest BCUT2D eigenvalue weighted by Crippen LogP contribution is 2.36. The van der Waals surface area contributed by atoms with Gasteiger partial charge in [0.1, 0.15) is 0 Å². The molecule has 0 aromatic heterocycles. The van der Waals surface area contributed by atoms with Gasteiger partial charge in [0.2, 0.25) is 0 Å². The molecule has 0 radical (unpaired) electrons. The molecular weight excluding hydrogens is 280 g/mol. The molecule has 102 valence electrons. The average molecular weight is 307 g/mol. The summed E-state index contributed by atoms with van der Waals surface area (Å²) in [6, 6.07) is 0. The first-order valence-corrected chi connectivity index (χ1v) is 7.76. The molecule has 0 N–H and O–H groups in total. The second-order valence-electron chi connectivity index (χ2n) is 5.35. The van der Waals surface area contributed by atoms with Crippen molar-refractivity contribution in [2.75, 3.05) is 7.11 Å². The molecule has 2 nitrogen and oxygen atoms in total. The second kappa shape index (κ2) is 7.75. The summed E-state index contributed by atoms with van der Waals surface area (Å²) in [7, 11) is 1.74. The molecular formula is C14H27BrO2. The number of alkyl halides is 1. The number of rotatable bonds is 6. The lowest BCUT2D eigenvalue weighted by atomic mass is 10.0. The minimum absolute atomic E-state index is 0.0279. The molecule has 1 aliphatic rings. The number of methoxy groups -OCH3 is 1. The minimum Gasteiger partial charge on any atom is -0.354 e. The Balaban J connectivity index is 2.36. The van der Waals surface area contributed by atoms with Crippen LogP contribution in [0.25, 0.3) is 0 Å². The topological polar surface area (TPSA) is 18.5 Å². The first kappa shape index (κ1) is 15.5. The van der Waals surface area contributed by atoms with Crippen LogP contribution in [-0.4, -0.2) is 23.8 Å². The van der Waals surface area contributed by atoms with Crippen molar-refractivity contribution in [3.63, 3.8) is 0 Å². The summed E-state index contributed by atoms with van der Waals surface area (Å²) in [5.41, 5.74) is 0. The molecule has 0 amide bonds. The molecule has 0 unspecified atom stereocenters. The third-order valence-corrected chi connectivity index (χ3v) is 4.36. The van der Waals surface area contributed by atoms with Crippen molar-refractivity contribution in [1.29, 1.82) is 0 Å². The third-order valence-electron chi connectivity index (χ3n) is 3.59. The van der Waals surface area contributed by atoms with Gasteiger partial charge in [0.15, 0.2) is 6.29 Å². The Labute approximate surface area is 115 Å². The van der Waals surface area contributed by atoms with Gasteiger partial charge in [-0.3, -0.25) is 0 Å². The van der Waals surface area contributed by atoms with Crippen LogP contribution in [0.4, 0.5) is 0 Å². The standard InChI is InChI=1S/C14H27BrO2/c1-4-5-6-7-9-12-10-8-11-14(2,15)13(16-3)17-12/h12-13H,4-11H2,1-3H3/t12-,13+,14+/m0/s1. The Morgan fingerprint density at radius 1 is 1.35 bits per heavy atom. The fourth-order valence-electron chi connectivity index (χ4n) is 2.49. The molecule has 1 fully saturated rings. The van der Waals surface area contributed by atoms with E-state index in [0.717, 1.165) is 6.42 Å². The molecule has 17 heavy (non-hydrogen) atoms. The van der Waals surface area contributed by atoms with E-state index in [-0.39, 0.29) is 10.6 Å². The van der Waals surface area contributed by atoms with E-state index in [4.69, 9.17) is 9.47 Å². The van der Waals surface area contributed by atoms with Gasteiger partial charge in [0.25, 0.3) is 0 Å². The van der Waals surface area contributed by atoms with Crippen molar-refractivity contribution < 1.29 is 9.47 Å². The van der Waals surface area contributed by atoms with Gasteiger partial charge in [0.05, 0.1) is 10.4 Å². The van der Waals surface area contributed by atoms with E-state index in [9.17, 15) is 0 Å². The smallest absolute Gasteiger partial charge is 0.172 e. The molecule has 0 spiro atoms. The van der Waals surface area contributed by atoms with Crippen LogP contribution in [-0.2, 0) is 9.47 Å². The summed E-state index contributed by atoms with van der Waals surface area (Å²) in [6.45, 7) is 4.42. The first-order valence-electron chi connectivity index (χ1n) is 6.97. The predicted molar refractivity (Wildman–Crippen MR) is 75.6 cm³/mol. The van der Waals surface area contributed by atoms with Crippen LogP contribution < -0.4 is 0 Å². The van der Waals surface area contributed by atoms with Gasteiger partial charge in [-0.05, 0) is 32.6 Å². The number of unbranched alkanes of at least 4 members (excludes halogenated alkanes) is 3. The van der Waals surface area contributed by atoms with Gasteiger partial charge < -0.3 is 9.47 Å². The van der Waals surface area contributed by atoms with E-state index >= 15 is 0 Å². The maximum atomic E-state index is 6.09. The largest absolute Gasteiger partial charge is 0.354 e. The summed E-state index contributed by atoms with van der Waals surface area (Å²) in [6.07, 6.45) is 10.2. The number of halogens is 1. The van der Waals surface area contributed by atoms with Gasteiger partial charge in [0, 0.05) is 7.11 Å². The third kappa shape index (κ3) is 5.27. The van der Waals surface area contributed by atoms with E-state index in [2.05, 4.69) is 29.8 Å². The fraction of sp³-hybridized carbons (Fsp3) is 1.00. The Morgan fingerprint density at radius 2 is 2.12 bits per heavy atom. The van der Waals surface area contributed by atoms with Crippen molar-refractivity contribution >= 4 is 15.9 Å². The van der Waals surface area contributed by atoms with Crippen LogP contribution >= 0.6 is 15.9 Å². The van der Waals surface area contributed by atoms with Crippen molar-refractivity contribution in [3.8, 4) is 0 Å². The average Bonchev–Trinajstić information content (AvgIpc) is 2.43. The van der Waals surface area contributed by atoms with Crippen molar-refractivity contribution in [3.05, 3.63) is 0 Å². The van der Waals surface area contributed by atoms with Gasteiger partial charge in [-0.15, -0.1) is 0 Å². The van der Waals surface area contributed by atoms with Crippen LogP contribution in [0.2, 0.25) is 0 Å². The highest BCUT2D eigenvalue weighted by Gasteiger charge is 2.36. The molecule has 3 heteroatoms. The van der Waals surface area contributed by atoms with Crippen LogP contribution in [0.5, 0.6) is 0 Å². The van der Waals surface area contributed by atoms with Crippen molar-refractivity contribution in [2.45, 2.75) is 81.9 Å². The molecule has 0 aromatic rings. The zero-order valence-electron chi connectivity index (χ0n) is 11.5. The van der Waals surface area contributed by atoms with Crippen LogP contribution in [0.15, 0.2) is 0 Å². The number of ether oxygens (including phenoxy) is 2. The van der Waals surface area contributed by atoms with E-state index in [1.165, 1.54) is 44.9 Å². The molecule has 0 bridgehead atoms. The molecule has 0 aromatic carbocycles. The number of hydrogen-bond acceptors (Lipinski definition) is 2. The summed E-state index contributed by atoms with van der Waals surface area (Å²) in [5.74, 6) is 0. The van der Waals surface area contributed by atoms with E-state index in [0.29, 0.717) is 6.10 Å². The van der Waals surface area contributed by atoms with Gasteiger partial charge in [-0.1, -0.05) is 48.5 Å². The lowest BCUT2D eigenvalue weighted by Gasteiger charge is -2.30. The van der Waals surface area contributed by atoms with Crippen LogP contribution in [0.1, 0.15) is 65.2 Å². The Bertz CT molecular complexity index is 206. The lowest BCUT2D eigenvalue weighted by molar-refractivity contribution is -0.164. The molecule has 1 rings (SSSR count). The maximum absolute atomic E-state index is 6.09. The predicted octanol–water partition coefficient (Wildman–Crippen LogP) is 4.65. The Morgan fingerprint density at radius 3 is 2.76 bits per heavy atom. The van der Waals surface area contributed by atoms with Gasteiger partial charge >= 0.3 is 0 Å². The summed E-state index contributed by atoms with van der Waals surface area (Å²) < 4.78 is 11.5. The molecule has 1 aliphatic heterocycles. The maximum Gasteiger partial charge on any atom is 0.172 e. The SMILES string of the molecule is CCCCCC[C@H]1CCC[C@@](C)(Br)[C@H](OC)O1. The lowest BCUT2D eigenvalue weighted by Crippen LogP contribution is -2.37. The van der Waals surface area contributed by atoms with Gasteiger partial charge in [-0.25, -0.2) is 0 Å². The summed E-state index contributed by atoms with van der Waals surface area (Å²) in [5, 5.41) is 0. The Hall–Kier alpha value is 0.400. The van der Waals surface area contributed by atoms with Crippen molar-refractivity contribution in [2.24, 2.45) is 0 Å². The van der Waals surface area contributed by atoms with Crippen LogP contribution in [0.3, 0.4) is 0 Å². The summed E-state index contributed by atoms with van der Waals surface area (Å²) >= 11 is 3.74. The van der Waals surface area contributed by atoms with Gasteiger partial charge in [-0.2, -0.15) is 0 Å². The molecule has 3 atom stereocenters. The second-order valence-corrected chi connectivity index (χ2v) is 7.16. The summed E-state index contributed by atoms with van der Waals surface area (Å²) in [4.78, 5) is 0. The highest BCUT2D eigenvalue weighted by molar-refractivity contribution is 9.10. The zero-order valence-corrected chi connectivity index (χ0v) is 13.1. The normalized spacial score (nSPS) is 34.6. The Kier molecular flexibility index (Phi) is 7.05. The molecule has 0 saturated carbocycles. The minimum atomic E-state index is -0.110. The van der Waals surface area contributed by atoms with E-state index in [1.807, 2.05) is 0 Å². The zero-order chi connectivity index (χ0) is 12.7. The molecule has 0 aliphatic carbocycles. The first-order chi connectivity index (χ1) is 8.10. The van der Waals surface area contributed by atoms with E-state index in [1.54, 1.807) is 7.11 Å². The highest BCUT2D eigenvalue weighted by atomic mass is 79.9. The quantitative estimate of drug-likeness (QED) is 0.525. The van der Waals surface area contributed by atoms with Crippen molar-refractivity contribution in [1.82, 2.24) is 0 Å².